The second kappa shape index (κ2) is 3.67. The van der Waals surface area contributed by atoms with Gasteiger partial charge in [0.1, 0.15) is 5.78 Å². The molecule has 0 amide bonds. The molecule has 0 atom stereocenters. The lowest BCUT2D eigenvalue weighted by atomic mass is 10.1. The minimum Gasteiger partial charge on any atom is -0.369 e. The maximum atomic E-state index is 11.2. The zero-order valence-electron chi connectivity index (χ0n) is 9.07. The van der Waals surface area contributed by atoms with Crippen molar-refractivity contribution in [2.24, 2.45) is 0 Å². The molecule has 1 aromatic heterocycles. The first-order valence-electron chi connectivity index (χ1n) is 5.67. The van der Waals surface area contributed by atoms with Gasteiger partial charge in [0.15, 0.2) is 0 Å². The lowest BCUT2D eigenvalue weighted by Gasteiger charge is -2.27. The van der Waals surface area contributed by atoms with Crippen molar-refractivity contribution in [1.29, 1.82) is 0 Å². The summed E-state index contributed by atoms with van der Waals surface area (Å²) in [5, 5.41) is 1.25. The van der Waals surface area contributed by atoms with Crippen LogP contribution in [0.15, 0.2) is 30.5 Å². The Morgan fingerprint density at radius 3 is 2.69 bits per heavy atom. The van der Waals surface area contributed by atoms with E-state index in [1.165, 1.54) is 11.1 Å². The van der Waals surface area contributed by atoms with Crippen LogP contribution < -0.4 is 4.90 Å². The second-order valence-electron chi connectivity index (χ2n) is 4.25. The molecule has 0 spiro atoms. The number of ketones is 1. The molecular formula is C13H14N2O. The fourth-order valence-electron chi connectivity index (χ4n) is 2.31. The molecule has 0 aliphatic carbocycles. The second-order valence-corrected chi connectivity index (χ2v) is 4.25. The van der Waals surface area contributed by atoms with Gasteiger partial charge >= 0.3 is 0 Å². The number of piperidine rings is 1. The maximum Gasteiger partial charge on any atom is 0.136 e. The number of nitrogens with one attached hydrogen (secondary N) is 1. The number of benzene rings is 1. The van der Waals surface area contributed by atoms with E-state index in [1.54, 1.807) is 0 Å². The van der Waals surface area contributed by atoms with Gasteiger partial charge in [0.05, 0.1) is 5.69 Å². The summed E-state index contributed by atoms with van der Waals surface area (Å²) in [6.45, 7) is 1.70. The van der Waals surface area contributed by atoms with Gasteiger partial charge in [-0.05, 0) is 6.07 Å². The Hall–Kier alpha value is -1.77. The number of rotatable bonds is 1. The van der Waals surface area contributed by atoms with Gasteiger partial charge in [-0.25, -0.2) is 0 Å². The van der Waals surface area contributed by atoms with E-state index in [9.17, 15) is 4.79 Å². The van der Waals surface area contributed by atoms with Gasteiger partial charge in [0, 0.05) is 43.0 Å². The summed E-state index contributed by atoms with van der Waals surface area (Å²) in [4.78, 5) is 16.8. The molecule has 2 heterocycles. The van der Waals surface area contributed by atoms with Gasteiger partial charge in [0.25, 0.3) is 0 Å². The molecule has 1 saturated heterocycles. The third-order valence-corrected chi connectivity index (χ3v) is 3.23. The third kappa shape index (κ3) is 1.48. The number of para-hydroxylation sites is 1. The van der Waals surface area contributed by atoms with Gasteiger partial charge in [0.2, 0.25) is 0 Å². The van der Waals surface area contributed by atoms with E-state index in [0.717, 1.165) is 18.6 Å². The van der Waals surface area contributed by atoms with Crippen LogP contribution in [0, 0.1) is 0 Å². The lowest BCUT2D eigenvalue weighted by molar-refractivity contribution is -0.119. The Kier molecular flexibility index (Phi) is 2.17. The quantitative estimate of drug-likeness (QED) is 0.791. The van der Waals surface area contributed by atoms with Crippen molar-refractivity contribution in [1.82, 2.24) is 4.98 Å². The topological polar surface area (TPSA) is 36.1 Å². The summed E-state index contributed by atoms with van der Waals surface area (Å²) >= 11 is 0. The van der Waals surface area contributed by atoms with Crippen LogP contribution in [0.1, 0.15) is 12.8 Å². The fourth-order valence-corrected chi connectivity index (χ4v) is 2.31. The van der Waals surface area contributed by atoms with Gasteiger partial charge < -0.3 is 9.88 Å². The van der Waals surface area contributed by atoms with Gasteiger partial charge in [-0.3, -0.25) is 4.79 Å². The van der Waals surface area contributed by atoms with E-state index in [1.807, 2.05) is 12.3 Å². The minimum absolute atomic E-state index is 0.385. The minimum atomic E-state index is 0.385. The number of fused-ring (bicyclic) bond motifs is 1. The largest absolute Gasteiger partial charge is 0.369 e. The molecule has 0 unspecified atom stereocenters. The summed E-state index contributed by atoms with van der Waals surface area (Å²) < 4.78 is 0. The summed E-state index contributed by atoms with van der Waals surface area (Å²) in [6, 6.07) is 8.28. The zero-order valence-corrected chi connectivity index (χ0v) is 9.07. The number of hydrogen-bond acceptors (Lipinski definition) is 2. The molecule has 1 aromatic carbocycles. The zero-order chi connectivity index (χ0) is 11.0. The first-order valence-corrected chi connectivity index (χ1v) is 5.67. The normalized spacial score (nSPS) is 17.0. The molecule has 3 rings (SSSR count). The van der Waals surface area contributed by atoms with Gasteiger partial charge in [-0.2, -0.15) is 0 Å². The number of nitrogens with zero attached hydrogens (tertiary/aromatic N) is 1. The van der Waals surface area contributed by atoms with Gasteiger partial charge in [-0.15, -0.1) is 0 Å². The van der Waals surface area contributed by atoms with E-state index in [0.29, 0.717) is 18.6 Å². The Morgan fingerprint density at radius 2 is 1.88 bits per heavy atom. The van der Waals surface area contributed by atoms with Crippen molar-refractivity contribution in [2.45, 2.75) is 12.8 Å². The summed E-state index contributed by atoms with van der Waals surface area (Å²) in [6.07, 6.45) is 3.40. The van der Waals surface area contributed by atoms with Crippen molar-refractivity contribution in [3.8, 4) is 0 Å². The van der Waals surface area contributed by atoms with Crippen molar-refractivity contribution >= 4 is 22.4 Å². The Labute approximate surface area is 94.1 Å². The number of anilines is 1. The van der Waals surface area contributed by atoms with Crippen LogP contribution in [0.4, 0.5) is 5.69 Å². The first-order chi connectivity index (χ1) is 7.84. The highest BCUT2D eigenvalue weighted by Gasteiger charge is 2.18. The molecule has 2 aromatic rings. The van der Waals surface area contributed by atoms with Crippen LogP contribution >= 0.6 is 0 Å². The van der Waals surface area contributed by atoms with Crippen LogP contribution in [0.5, 0.6) is 0 Å². The molecule has 82 valence electrons. The van der Waals surface area contributed by atoms with Crippen LogP contribution in [-0.2, 0) is 4.79 Å². The number of aromatic amines is 1. The van der Waals surface area contributed by atoms with Gasteiger partial charge in [-0.1, -0.05) is 18.2 Å². The number of hydrogen-bond donors (Lipinski definition) is 1. The number of aromatic nitrogens is 1. The molecule has 1 N–H and O–H groups in total. The standard InChI is InChI=1S/C13H14N2O/c16-10-5-7-15(8-6-10)13-9-14-12-4-2-1-3-11(12)13/h1-4,9,14H,5-8H2. The van der Waals surface area contributed by atoms with E-state index in [-0.39, 0.29) is 0 Å². The van der Waals surface area contributed by atoms with Crippen LogP contribution in [0.3, 0.4) is 0 Å². The first kappa shape index (κ1) is 9.46. The monoisotopic (exact) mass is 214 g/mol. The summed E-state index contributed by atoms with van der Waals surface area (Å²) in [5.41, 5.74) is 2.39. The average molecular weight is 214 g/mol. The van der Waals surface area contributed by atoms with E-state index in [2.05, 4.69) is 28.1 Å². The summed E-state index contributed by atoms with van der Waals surface area (Å²) in [7, 11) is 0. The highest BCUT2D eigenvalue weighted by Crippen LogP contribution is 2.27. The maximum absolute atomic E-state index is 11.2. The van der Waals surface area contributed by atoms with E-state index in [4.69, 9.17) is 0 Å². The van der Waals surface area contributed by atoms with Crippen molar-refractivity contribution < 1.29 is 4.79 Å². The molecule has 3 heteroatoms. The molecule has 16 heavy (non-hydrogen) atoms. The molecule has 3 nitrogen and oxygen atoms in total. The Balaban J connectivity index is 1.97. The van der Waals surface area contributed by atoms with Crippen molar-refractivity contribution in [3.63, 3.8) is 0 Å². The Morgan fingerprint density at radius 1 is 1.12 bits per heavy atom. The number of carbonyl (C=O) groups excluding carboxylic acids is 1. The average Bonchev–Trinajstić information content (AvgIpc) is 2.74. The van der Waals surface area contributed by atoms with Crippen LogP contribution in [0.25, 0.3) is 10.9 Å². The fraction of sp³-hybridized carbons (Fsp3) is 0.308. The highest BCUT2D eigenvalue weighted by atomic mass is 16.1. The van der Waals surface area contributed by atoms with E-state index >= 15 is 0 Å². The Bertz CT molecular complexity index is 519. The van der Waals surface area contributed by atoms with Crippen LogP contribution in [0.2, 0.25) is 0 Å². The summed E-state index contributed by atoms with van der Waals surface area (Å²) in [5.74, 6) is 0.385. The van der Waals surface area contributed by atoms with Crippen molar-refractivity contribution in [2.75, 3.05) is 18.0 Å². The van der Waals surface area contributed by atoms with Crippen LogP contribution in [-0.4, -0.2) is 23.9 Å². The molecule has 1 fully saturated rings. The predicted octanol–water partition coefficient (Wildman–Crippen LogP) is 2.34. The smallest absolute Gasteiger partial charge is 0.136 e. The molecule has 1 aliphatic rings. The molecule has 0 bridgehead atoms. The molecule has 0 radical (unpaired) electrons. The van der Waals surface area contributed by atoms with Crippen molar-refractivity contribution in [3.05, 3.63) is 30.5 Å². The third-order valence-electron chi connectivity index (χ3n) is 3.23. The molecule has 0 saturated carbocycles. The molecule has 1 aliphatic heterocycles. The number of H-pyrrole nitrogens is 1. The van der Waals surface area contributed by atoms with E-state index < -0.39 is 0 Å². The number of carbonyl (C=O) groups is 1. The predicted molar refractivity (Wildman–Crippen MR) is 64.8 cm³/mol. The lowest BCUT2D eigenvalue weighted by Crippen LogP contribution is -2.33. The highest BCUT2D eigenvalue weighted by molar-refractivity contribution is 5.93. The SMILES string of the molecule is O=C1CCN(c2c[nH]c3ccccc23)CC1. The number of Topliss-reactive ketones (excluding diaryl/α,β-unsaturated/α-hetero) is 1. The molecular weight excluding hydrogens is 200 g/mol.